The summed E-state index contributed by atoms with van der Waals surface area (Å²) < 4.78 is 17.7. The number of aromatic nitrogens is 2. The van der Waals surface area contributed by atoms with Crippen LogP contribution in [-0.2, 0) is 0 Å². The molecule has 1 saturated heterocycles. The van der Waals surface area contributed by atoms with Gasteiger partial charge in [0.05, 0.1) is 23.9 Å². The van der Waals surface area contributed by atoms with E-state index in [-0.39, 0.29) is 11.6 Å². The molecule has 1 aliphatic heterocycles. The van der Waals surface area contributed by atoms with Crippen molar-refractivity contribution in [3.63, 3.8) is 0 Å². The van der Waals surface area contributed by atoms with Crippen LogP contribution in [0.2, 0.25) is 0 Å². The lowest BCUT2D eigenvalue weighted by Gasteiger charge is -2.09. The van der Waals surface area contributed by atoms with Crippen LogP contribution in [0.3, 0.4) is 0 Å². The molecule has 1 aromatic carbocycles. The third-order valence-corrected chi connectivity index (χ3v) is 6.21. The second-order valence-corrected chi connectivity index (χ2v) is 8.68. The summed E-state index contributed by atoms with van der Waals surface area (Å²) in [5.41, 5.74) is 2.11. The van der Waals surface area contributed by atoms with Crippen LogP contribution in [0.1, 0.15) is 27.3 Å². The van der Waals surface area contributed by atoms with Crippen molar-refractivity contribution in [2.24, 2.45) is 0 Å². The molecule has 0 saturated carbocycles. The maximum Gasteiger partial charge on any atom is 0.205 e. The highest BCUT2D eigenvalue weighted by Gasteiger charge is 2.17. The summed E-state index contributed by atoms with van der Waals surface area (Å²) in [5, 5.41) is 10.5. The average Bonchev–Trinajstić information content (AvgIpc) is 3.45. The number of anilines is 2. The predicted octanol–water partition coefficient (Wildman–Crippen LogP) is 5.70. The fourth-order valence-electron chi connectivity index (χ4n) is 2.49. The Morgan fingerprint density at radius 1 is 1.18 bits per heavy atom. The Morgan fingerprint density at radius 3 is 2.42 bits per heavy atom. The zero-order chi connectivity index (χ0) is 23.5. The number of rotatable bonds is 5. The van der Waals surface area contributed by atoms with Gasteiger partial charge < -0.3 is 15.4 Å². The minimum atomic E-state index is -0.288. The molecule has 0 radical (unpaired) electrons. The highest BCUT2D eigenvalue weighted by atomic mass is 32.1. The Balaban J connectivity index is 0.000000208. The van der Waals surface area contributed by atoms with Crippen LogP contribution in [0.5, 0.6) is 5.75 Å². The maximum atomic E-state index is 12.9. The van der Waals surface area contributed by atoms with Crippen molar-refractivity contribution in [1.29, 1.82) is 0 Å². The normalized spacial score (nSPS) is 11.7. The third-order valence-electron chi connectivity index (χ3n) is 4.46. The monoisotopic (exact) mass is 484 g/mol. The molecule has 0 atom stereocenters. The van der Waals surface area contributed by atoms with Gasteiger partial charge in [-0.3, -0.25) is 9.78 Å². The first kappa shape index (κ1) is 24.5. The number of thiazole rings is 1. The van der Waals surface area contributed by atoms with E-state index in [1.807, 2.05) is 29.8 Å². The van der Waals surface area contributed by atoms with Crippen LogP contribution in [-0.4, -0.2) is 36.0 Å². The summed E-state index contributed by atoms with van der Waals surface area (Å²) in [7, 11) is 1.62. The molecule has 1 aliphatic rings. The van der Waals surface area contributed by atoms with Gasteiger partial charge in [-0.2, -0.15) is 11.3 Å². The summed E-state index contributed by atoms with van der Waals surface area (Å²) in [4.78, 5) is 21.1. The zero-order valence-electron chi connectivity index (χ0n) is 18.4. The largest absolute Gasteiger partial charge is 0.495 e. The predicted molar refractivity (Wildman–Crippen MR) is 133 cm³/mol. The molecule has 0 amide bonds. The van der Waals surface area contributed by atoms with Crippen molar-refractivity contribution < 1.29 is 13.9 Å². The SMILES string of the molecule is C1CNC1.COc1cccnc1.Cc1nc(Nc2ccc(F)cc2)sc1C(=O)c1ccsc1. The lowest BCUT2D eigenvalue weighted by molar-refractivity contribution is 0.104. The quantitative estimate of drug-likeness (QED) is 0.354. The number of ether oxygens (including phenoxy) is 1. The fourth-order valence-corrected chi connectivity index (χ4v) is 4.07. The molecule has 2 N–H and O–H groups in total. The Hall–Kier alpha value is -3.14. The second-order valence-electron chi connectivity index (χ2n) is 6.90. The lowest BCUT2D eigenvalue weighted by atomic mass is 10.2. The van der Waals surface area contributed by atoms with Crippen LogP contribution in [0.25, 0.3) is 0 Å². The minimum absolute atomic E-state index is 0.0154. The van der Waals surface area contributed by atoms with E-state index in [0.717, 1.165) is 11.4 Å². The molecule has 5 rings (SSSR count). The van der Waals surface area contributed by atoms with Gasteiger partial charge in [-0.05, 0) is 74.3 Å². The number of ketones is 1. The number of hydrogen-bond donors (Lipinski definition) is 2. The van der Waals surface area contributed by atoms with Crippen LogP contribution in [0, 0.1) is 12.7 Å². The van der Waals surface area contributed by atoms with Gasteiger partial charge in [-0.15, -0.1) is 0 Å². The molecule has 3 aromatic heterocycles. The number of methoxy groups -OCH3 is 1. The van der Waals surface area contributed by atoms with Gasteiger partial charge >= 0.3 is 0 Å². The molecule has 0 spiro atoms. The van der Waals surface area contributed by atoms with E-state index in [2.05, 4.69) is 20.6 Å². The molecule has 33 heavy (non-hydrogen) atoms. The van der Waals surface area contributed by atoms with E-state index in [9.17, 15) is 9.18 Å². The van der Waals surface area contributed by atoms with Crippen molar-refractivity contribution in [3.05, 3.63) is 87.6 Å². The Bertz CT molecular complexity index is 1110. The number of thiophene rings is 1. The topological polar surface area (TPSA) is 76.1 Å². The number of nitrogens with zero attached hydrogens (tertiary/aromatic N) is 2. The Kier molecular flexibility index (Phi) is 9.49. The fraction of sp³-hybridized carbons (Fsp3) is 0.208. The van der Waals surface area contributed by atoms with Crippen LogP contribution in [0.15, 0.2) is 65.6 Å². The lowest BCUT2D eigenvalue weighted by Crippen LogP contribution is -2.29. The van der Waals surface area contributed by atoms with E-state index >= 15 is 0 Å². The number of pyridine rings is 1. The van der Waals surface area contributed by atoms with E-state index in [1.54, 1.807) is 37.7 Å². The Labute approximate surface area is 200 Å². The number of halogens is 1. The molecule has 0 aliphatic carbocycles. The number of benzene rings is 1. The molecule has 4 heterocycles. The smallest absolute Gasteiger partial charge is 0.205 e. The second kappa shape index (κ2) is 12.8. The number of aryl methyl sites for hydroxylation is 1. The van der Waals surface area contributed by atoms with Gasteiger partial charge in [0.1, 0.15) is 11.6 Å². The molecule has 1 fully saturated rings. The first-order valence-corrected chi connectivity index (χ1v) is 12.0. The van der Waals surface area contributed by atoms with Gasteiger partial charge in [-0.1, -0.05) is 11.3 Å². The van der Waals surface area contributed by atoms with E-state index in [0.29, 0.717) is 21.3 Å². The number of carbonyl (C=O) groups excluding carboxylic acids is 1. The molecule has 6 nitrogen and oxygen atoms in total. The zero-order valence-corrected chi connectivity index (χ0v) is 20.0. The highest BCUT2D eigenvalue weighted by molar-refractivity contribution is 7.18. The van der Waals surface area contributed by atoms with E-state index in [4.69, 9.17) is 4.74 Å². The van der Waals surface area contributed by atoms with Crippen LogP contribution < -0.4 is 15.4 Å². The van der Waals surface area contributed by atoms with Crippen molar-refractivity contribution in [3.8, 4) is 5.75 Å². The molecule has 0 unspecified atom stereocenters. The number of nitrogens with one attached hydrogen (secondary N) is 2. The van der Waals surface area contributed by atoms with Crippen molar-refractivity contribution in [2.75, 3.05) is 25.5 Å². The van der Waals surface area contributed by atoms with Gasteiger partial charge in [-0.25, -0.2) is 9.37 Å². The van der Waals surface area contributed by atoms with Crippen molar-refractivity contribution in [1.82, 2.24) is 15.3 Å². The van der Waals surface area contributed by atoms with Gasteiger partial charge in [0.2, 0.25) is 5.78 Å². The highest BCUT2D eigenvalue weighted by Crippen LogP contribution is 2.28. The number of carbonyl (C=O) groups is 1. The van der Waals surface area contributed by atoms with Gasteiger partial charge in [0.25, 0.3) is 0 Å². The molecule has 4 aromatic rings. The van der Waals surface area contributed by atoms with Crippen molar-refractivity contribution >= 4 is 39.3 Å². The van der Waals surface area contributed by atoms with Crippen LogP contribution in [0.4, 0.5) is 15.2 Å². The first-order valence-electron chi connectivity index (χ1n) is 10.3. The summed E-state index contributed by atoms with van der Waals surface area (Å²) in [5.74, 6) is 0.495. The summed E-state index contributed by atoms with van der Waals surface area (Å²) >= 11 is 2.80. The third kappa shape index (κ3) is 7.74. The number of hydrogen-bond acceptors (Lipinski definition) is 8. The minimum Gasteiger partial charge on any atom is -0.495 e. The first-order chi connectivity index (χ1) is 16.1. The summed E-state index contributed by atoms with van der Waals surface area (Å²) in [6.07, 6.45) is 4.77. The molecule has 0 bridgehead atoms. The molecule has 172 valence electrons. The maximum absolute atomic E-state index is 12.9. The average molecular weight is 485 g/mol. The summed E-state index contributed by atoms with van der Waals surface area (Å²) in [6, 6.07) is 11.5. The molecule has 9 heteroatoms. The van der Waals surface area contributed by atoms with Gasteiger partial charge in [0, 0.05) is 22.8 Å². The van der Waals surface area contributed by atoms with Gasteiger partial charge in [0.15, 0.2) is 5.13 Å². The van der Waals surface area contributed by atoms with E-state index < -0.39 is 0 Å². The van der Waals surface area contributed by atoms with Crippen molar-refractivity contribution in [2.45, 2.75) is 13.3 Å². The van der Waals surface area contributed by atoms with Crippen LogP contribution >= 0.6 is 22.7 Å². The Morgan fingerprint density at radius 2 is 1.91 bits per heavy atom. The molecular weight excluding hydrogens is 459 g/mol. The molecular formula is C24H25FN4O2S2. The standard InChI is InChI=1S/C15H11FN2OS2.C6H7NO.C3H7N/c1-9-14(13(19)10-6-7-20-8-10)21-15(17-9)18-12-4-2-11(16)3-5-12;1-8-6-3-2-4-7-5-6;1-2-4-3-1/h2-8H,1H3,(H,17,18);2-5H,1H3;4H,1-3H2. The van der Waals surface area contributed by atoms with E-state index in [1.165, 1.54) is 54.3 Å². The summed E-state index contributed by atoms with van der Waals surface area (Å²) in [6.45, 7) is 4.31.